The van der Waals surface area contributed by atoms with Gasteiger partial charge in [-0.25, -0.2) is 8.42 Å². The molecule has 2 aromatic rings. The van der Waals surface area contributed by atoms with Gasteiger partial charge in [0.25, 0.3) is 10.0 Å². The number of hydrogen-bond donors (Lipinski definition) is 0. The molecule has 6 heteroatoms. The summed E-state index contributed by atoms with van der Waals surface area (Å²) < 4.78 is 26.8. The summed E-state index contributed by atoms with van der Waals surface area (Å²) in [7, 11) is -3.54. The van der Waals surface area contributed by atoms with E-state index in [1.54, 1.807) is 6.07 Å². The van der Waals surface area contributed by atoms with Crippen molar-refractivity contribution in [1.29, 1.82) is 5.26 Å². The van der Waals surface area contributed by atoms with Gasteiger partial charge in [0.15, 0.2) is 0 Å². The minimum Gasteiger partial charge on any atom is -0.265 e. The zero-order chi connectivity index (χ0) is 13.5. The average Bonchev–Trinajstić information content (AvgIpc) is 3.06. The number of fused-ring (bicyclic) bond motifs is 1. The predicted octanol–water partition coefficient (Wildman–Crippen LogP) is 2.37. The van der Waals surface area contributed by atoms with Gasteiger partial charge in [0, 0.05) is 6.54 Å². The molecule has 0 bridgehead atoms. The molecule has 2 heterocycles. The molecule has 0 spiro atoms. The van der Waals surface area contributed by atoms with Gasteiger partial charge in [-0.05, 0) is 30.2 Å². The van der Waals surface area contributed by atoms with Crippen LogP contribution in [0.3, 0.4) is 0 Å². The van der Waals surface area contributed by atoms with Gasteiger partial charge >= 0.3 is 0 Å². The second-order valence-electron chi connectivity index (χ2n) is 4.19. The second-order valence-corrected chi connectivity index (χ2v) is 7.36. The smallest absolute Gasteiger partial charge is 0.265 e. The summed E-state index contributed by atoms with van der Waals surface area (Å²) in [4.78, 5) is 0.408. The lowest BCUT2D eigenvalue weighted by Gasteiger charge is -2.18. The summed E-state index contributed by atoms with van der Waals surface area (Å²) in [5, 5.41) is 8.79. The Balaban J connectivity index is 2.06. The van der Waals surface area contributed by atoms with E-state index in [9.17, 15) is 8.42 Å². The highest BCUT2D eigenvalue weighted by atomic mass is 32.2. The van der Waals surface area contributed by atoms with E-state index in [2.05, 4.69) is 0 Å². The maximum atomic E-state index is 12.6. The Morgan fingerprint density at radius 3 is 2.74 bits per heavy atom. The second kappa shape index (κ2) is 4.37. The predicted molar refractivity (Wildman–Crippen MR) is 73.7 cm³/mol. The Bertz CT molecular complexity index is 772. The molecule has 0 saturated heterocycles. The van der Waals surface area contributed by atoms with Crippen LogP contribution in [0.25, 0.3) is 0 Å². The van der Waals surface area contributed by atoms with Gasteiger partial charge in [0.2, 0.25) is 0 Å². The van der Waals surface area contributed by atoms with Crippen LogP contribution in [0.5, 0.6) is 0 Å². The molecular formula is C13H10N2O2S2. The van der Waals surface area contributed by atoms with Gasteiger partial charge in [-0.15, -0.1) is 11.3 Å². The first-order chi connectivity index (χ1) is 9.13. The molecule has 0 atom stereocenters. The lowest BCUT2D eigenvalue weighted by Crippen LogP contribution is -2.28. The minimum atomic E-state index is -3.54. The quantitative estimate of drug-likeness (QED) is 0.853. The lowest BCUT2D eigenvalue weighted by molar-refractivity contribution is 0.594. The van der Waals surface area contributed by atoms with Gasteiger partial charge in [-0.3, -0.25) is 4.31 Å². The van der Waals surface area contributed by atoms with Crippen LogP contribution in [0.15, 0.2) is 40.6 Å². The summed E-state index contributed by atoms with van der Waals surface area (Å²) in [5.41, 5.74) is 1.79. The average molecular weight is 290 g/mol. The van der Waals surface area contributed by atoms with Crippen molar-refractivity contribution in [2.45, 2.75) is 10.6 Å². The molecule has 4 nitrogen and oxygen atoms in total. The minimum absolute atomic E-state index is 0.223. The highest BCUT2D eigenvalue weighted by Crippen LogP contribution is 2.34. The van der Waals surface area contributed by atoms with E-state index in [0.717, 1.165) is 29.0 Å². The number of thiophene rings is 1. The van der Waals surface area contributed by atoms with Crippen molar-refractivity contribution in [2.75, 3.05) is 10.8 Å². The number of nitriles is 1. The summed E-state index contributed by atoms with van der Waals surface area (Å²) in [5.74, 6) is 0. The van der Waals surface area contributed by atoms with Crippen molar-refractivity contribution in [1.82, 2.24) is 0 Å². The SMILES string of the molecule is N#Cc1ccc(S(=O)(=O)N2CCc3ccccc32)s1. The van der Waals surface area contributed by atoms with Crippen molar-refractivity contribution >= 4 is 27.0 Å². The van der Waals surface area contributed by atoms with Crippen LogP contribution in [0.2, 0.25) is 0 Å². The van der Waals surface area contributed by atoms with E-state index in [-0.39, 0.29) is 4.21 Å². The highest BCUT2D eigenvalue weighted by molar-refractivity contribution is 7.94. The van der Waals surface area contributed by atoms with Crippen LogP contribution in [0.1, 0.15) is 10.4 Å². The van der Waals surface area contributed by atoms with Crippen molar-refractivity contribution in [2.24, 2.45) is 0 Å². The maximum Gasteiger partial charge on any atom is 0.273 e. The third-order valence-corrected chi connectivity index (χ3v) is 6.35. The third-order valence-electron chi connectivity index (χ3n) is 3.08. The monoisotopic (exact) mass is 290 g/mol. The molecule has 96 valence electrons. The van der Waals surface area contributed by atoms with Gasteiger partial charge < -0.3 is 0 Å². The molecule has 0 fully saturated rings. The first kappa shape index (κ1) is 12.2. The van der Waals surface area contributed by atoms with Crippen LogP contribution >= 0.6 is 11.3 Å². The van der Waals surface area contributed by atoms with Crippen LogP contribution in [0.4, 0.5) is 5.69 Å². The van der Waals surface area contributed by atoms with Gasteiger partial charge in [-0.1, -0.05) is 18.2 Å². The largest absolute Gasteiger partial charge is 0.273 e. The lowest BCUT2D eigenvalue weighted by atomic mass is 10.2. The van der Waals surface area contributed by atoms with E-state index in [1.165, 1.54) is 10.4 Å². The van der Waals surface area contributed by atoms with Crippen molar-refractivity contribution in [3.63, 3.8) is 0 Å². The molecule has 0 N–H and O–H groups in total. The fraction of sp³-hybridized carbons (Fsp3) is 0.154. The first-order valence-corrected chi connectivity index (χ1v) is 7.99. The van der Waals surface area contributed by atoms with Crippen molar-refractivity contribution < 1.29 is 8.42 Å². The molecule has 0 amide bonds. The van der Waals surface area contributed by atoms with Crippen LogP contribution < -0.4 is 4.31 Å². The zero-order valence-corrected chi connectivity index (χ0v) is 11.5. The van der Waals surface area contributed by atoms with E-state index in [4.69, 9.17) is 5.26 Å². The highest BCUT2D eigenvalue weighted by Gasteiger charge is 2.31. The number of anilines is 1. The van der Waals surface area contributed by atoms with E-state index < -0.39 is 10.0 Å². The molecule has 1 aromatic carbocycles. The molecule has 19 heavy (non-hydrogen) atoms. The Labute approximate surface area is 115 Å². The van der Waals surface area contributed by atoms with Gasteiger partial charge in [0.05, 0.1) is 5.69 Å². The molecule has 3 rings (SSSR count). The third kappa shape index (κ3) is 1.91. The molecule has 0 radical (unpaired) electrons. The molecule has 1 aliphatic rings. The number of sulfonamides is 1. The van der Waals surface area contributed by atoms with E-state index in [1.807, 2.05) is 30.3 Å². The number of benzene rings is 1. The molecule has 0 unspecified atom stereocenters. The van der Waals surface area contributed by atoms with Crippen LogP contribution in [-0.2, 0) is 16.4 Å². The fourth-order valence-corrected chi connectivity index (χ4v) is 4.91. The van der Waals surface area contributed by atoms with Crippen molar-refractivity contribution in [3.05, 3.63) is 46.8 Å². The Morgan fingerprint density at radius 1 is 1.21 bits per heavy atom. The normalized spacial score (nSPS) is 14.2. The summed E-state index contributed by atoms with van der Waals surface area (Å²) >= 11 is 1.01. The molecule has 0 aliphatic carbocycles. The molecule has 1 aromatic heterocycles. The zero-order valence-electron chi connectivity index (χ0n) is 9.91. The maximum absolute atomic E-state index is 12.6. The summed E-state index contributed by atoms with van der Waals surface area (Å²) in [6.45, 7) is 0.460. The fourth-order valence-electron chi connectivity index (χ4n) is 2.19. The van der Waals surface area contributed by atoms with Gasteiger partial charge in [0.1, 0.15) is 15.2 Å². The Hall–Kier alpha value is -1.84. The van der Waals surface area contributed by atoms with Gasteiger partial charge in [-0.2, -0.15) is 5.26 Å². The number of rotatable bonds is 2. The number of nitrogens with zero attached hydrogens (tertiary/aromatic N) is 2. The Morgan fingerprint density at radius 2 is 2.00 bits per heavy atom. The molecule has 0 saturated carbocycles. The van der Waals surface area contributed by atoms with Crippen LogP contribution in [-0.4, -0.2) is 15.0 Å². The number of hydrogen-bond acceptors (Lipinski definition) is 4. The summed E-state index contributed by atoms with van der Waals surface area (Å²) in [6, 6.07) is 12.5. The standard InChI is InChI=1S/C13H10N2O2S2/c14-9-11-5-6-13(18-11)19(16,17)15-8-7-10-3-1-2-4-12(10)15/h1-6H,7-8H2. The van der Waals surface area contributed by atoms with Crippen LogP contribution in [0, 0.1) is 11.3 Å². The van der Waals surface area contributed by atoms with Crippen molar-refractivity contribution in [3.8, 4) is 6.07 Å². The first-order valence-electron chi connectivity index (χ1n) is 5.73. The number of para-hydroxylation sites is 1. The van der Waals surface area contributed by atoms with E-state index in [0.29, 0.717) is 11.4 Å². The summed E-state index contributed by atoms with van der Waals surface area (Å²) in [6.07, 6.45) is 0.728. The van der Waals surface area contributed by atoms with E-state index >= 15 is 0 Å². The molecule has 1 aliphatic heterocycles. The Kier molecular flexibility index (Phi) is 2.81. The molecular weight excluding hydrogens is 280 g/mol. The topological polar surface area (TPSA) is 61.2 Å².